The molecule has 166 valence electrons. The van der Waals surface area contributed by atoms with Crippen molar-refractivity contribution in [1.29, 1.82) is 0 Å². The molecule has 0 saturated carbocycles. The van der Waals surface area contributed by atoms with Crippen molar-refractivity contribution in [2.24, 2.45) is 5.92 Å². The number of piperidine rings is 1. The number of nitrogens with zero attached hydrogens (tertiary/aromatic N) is 2. The second-order valence-corrected chi connectivity index (χ2v) is 9.98. The van der Waals surface area contributed by atoms with Crippen molar-refractivity contribution in [2.45, 2.75) is 24.7 Å². The highest BCUT2D eigenvalue weighted by Crippen LogP contribution is 2.20. The molecular formula is C25H27N3O3S. The van der Waals surface area contributed by atoms with Gasteiger partial charge in [0.05, 0.1) is 10.4 Å². The number of amides is 1. The van der Waals surface area contributed by atoms with E-state index in [1.807, 2.05) is 37.3 Å². The standard InChI is InChI=1S/C25H27N3O3S/c1-19-9-12-23(13-10-19)32(30,31)27-17-20-5-4-16-28(18-20)24(29)14-11-22-7-2-6-21-8-3-15-26-25(21)22/h2-3,6-15,20,27H,4-5,16-18H2,1H3/b14-11+. The Labute approximate surface area is 189 Å². The van der Waals surface area contributed by atoms with Crippen LogP contribution in [0.15, 0.2) is 71.8 Å². The molecule has 6 nitrogen and oxygen atoms in total. The van der Waals surface area contributed by atoms with Crippen molar-refractivity contribution in [1.82, 2.24) is 14.6 Å². The number of aryl methyl sites for hydroxylation is 1. The van der Waals surface area contributed by atoms with Crippen LogP contribution in [0.3, 0.4) is 0 Å². The maximum absolute atomic E-state index is 12.8. The molecule has 0 bridgehead atoms. The van der Waals surface area contributed by atoms with E-state index < -0.39 is 10.0 Å². The van der Waals surface area contributed by atoms with Crippen LogP contribution in [-0.4, -0.2) is 43.8 Å². The third-order valence-electron chi connectivity index (χ3n) is 5.79. The van der Waals surface area contributed by atoms with Gasteiger partial charge in [0.15, 0.2) is 0 Å². The first-order valence-corrected chi connectivity index (χ1v) is 12.3. The van der Waals surface area contributed by atoms with Crippen LogP contribution in [-0.2, 0) is 14.8 Å². The normalized spacial score (nSPS) is 17.2. The average molecular weight is 450 g/mol. The molecule has 1 unspecified atom stereocenters. The van der Waals surface area contributed by atoms with Gasteiger partial charge in [0.25, 0.3) is 0 Å². The molecule has 1 aromatic heterocycles. The summed E-state index contributed by atoms with van der Waals surface area (Å²) in [6, 6.07) is 16.6. The van der Waals surface area contributed by atoms with Crippen LogP contribution >= 0.6 is 0 Å². The summed E-state index contributed by atoms with van der Waals surface area (Å²) >= 11 is 0. The summed E-state index contributed by atoms with van der Waals surface area (Å²) in [7, 11) is -3.56. The molecule has 4 rings (SSSR count). The molecular weight excluding hydrogens is 422 g/mol. The summed E-state index contributed by atoms with van der Waals surface area (Å²) in [5.74, 6) is 0.0181. The van der Waals surface area contributed by atoms with E-state index in [2.05, 4.69) is 9.71 Å². The highest BCUT2D eigenvalue weighted by molar-refractivity contribution is 7.89. The number of benzene rings is 2. The Kier molecular flexibility index (Phi) is 6.67. The van der Waals surface area contributed by atoms with Crippen molar-refractivity contribution in [3.05, 3.63) is 78.0 Å². The highest BCUT2D eigenvalue weighted by Gasteiger charge is 2.24. The van der Waals surface area contributed by atoms with Gasteiger partial charge in [-0.3, -0.25) is 9.78 Å². The number of carbonyl (C=O) groups is 1. The van der Waals surface area contributed by atoms with Crippen molar-refractivity contribution in [3.63, 3.8) is 0 Å². The summed E-state index contributed by atoms with van der Waals surface area (Å²) < 4.78 is 27.8. The molecule has 1 fully saturated rings. The molecule has 3 aromatic rings. The molecule has 1 aliphatic rings. The van der Waals surface area contributed by atoms with Crippen LogP contribution in [0.1, 0.15) is 24.0 Å². The minimum Gasteiger partial charge on any atom is -0.339 e. The Morgan fingerprint density at radius 1 is 1.16 bits per heavy atom. The van der Waals surface area contributed by atoms with Gasteiger partial charge in [-0.15, -0.1) is 0 Å². The van der Waals surface area contributed by atoms with Gasteiger partial charge in [0, 0.05) is 42.9 Å². The number of hydrogen-bond acceptors (Lipinski definition) is 4. The zero-order valence-electron chi connectivity index (χ0n) is 18.1. The molecule has 1 saturated heterocycles. The van der Waals surface area contributed by atoms with E-state index in [0.29, 0.717) is 19.6 Å². The lowest BCUT2D eigenvalue weighted by Crippen LogP contribution is -2.43. The number of rotatable bonds is 6. The lowest BCUT2D eigenvalue weighted by Gasteiger charge is -2.32. The van der Waals surface area contributed by atoms with Gasteiger partial charge in [0.2, 0.25) is 15.9 Å². The Morgan fingerprint density at radius 3 is 2.75 bits per heavy atom. The Hall–Kier alpha value is -3.03. The largest absolute Gasteiger partial charge is 0.339 e. The molecule has 1 atom stereocenters. The van der Waals surface area contributed by atoms with Gasteiger partial charge >= 0.3 is 0 Å². The summed E-state index contributed by atoms with van der Waals surface area (Å²) in [4.78, 5) is 19.3. The lowest BCUT2D eigenvalue weighted by molar-refractivity contribution is -0.127. The summed E-state index contributed by atoms with van der Waals surface area (Å²) in [6.07, 6.45) is 6.88. The summed E-state index contributed by atoms with van der Waals surface area (Å²) in [5, 5.41) is 1.03. The fraction of sp³-hybridized carbons (Fsp3) is 0.280. The maximum Gasteiger partial charge on any atom is 0.246 e. The number of fused-ring (bicyclic) bond motifs is 1. The van der Waals surface area contributed by atoms with E-state index in [1.54, 1.807) is 47.5 Å². The van der Waals surface area contributed by atoms with Crippen LogP contribution in [0.4, 0.5) is 0 Å². The zero-order chi connectivity index (χ0) is 22.6. The molecule has 0 aliphatic carbocycles. The average Bonchev–Trinajstić information content (AvgIpc) is 2.82. The van der Waals surface area contributed by atoms with Gasteiger partial charge in [0.1, 0.15) is 0 Å². The lowest BCUT2D eigenvalue weighted by atomic mass is 9.98. The SMILES string of the molecule is Cc1ccc(S(=O)(=O)NCC2CCCN(C(=O)/C=C/c3cccc4cccnc34)C2)cc1. The molecule has 2 aromatic carbocycles. The monoisotopic (exact) mass is 449 g/mol. The molecule has 0 spiro atoms. The quantitative estimate of drug-likeness (QED) is 0.581. The number of para-hydroxylation sites is 1. The molecule has 0 radical (unpaired) electrons. The van der Waals surface area contributed by atoms with E-state index in [4.69, 9.17) is 0 Å². The third-order valence-corrected chi connectivity index (χ3v) is 7.23. The van der Waals surface area contributed by atoms with Crippen LogP contribution in [0.5, 0.6) is 0 Å². The molecule has 7 heteroatoms. The van der Waals surface area contributed by atoms with E-state index in [1.165, 1.54) is 0 Å². The fourth-order valence-electron chi connectivity index (χ4n) is 3.99. The van der Waals surface area contributed by atoms with E-state index in [0.717, 1.165) is 34.9 Å². The van der Waals surface area contributed by atoms with Crippen molar-refractivity contribution in [3.8, 4) is 0 Å². The van der Waals surface area contributed by atoms with Gasteiger partial charge in [-0.2, -0.15) is 0 Å². The molecule has 1 amide bonds. The minimum absolute atomic E-state index is 0.0657. The summed E-state index contributed by atoms with van der Waals surface area (Å²) in [5.41, 5.74) is 2.77. The van der Waals surface area contributed by atoms with Gasteiger partial charge in [-0.05, 0) is 50.0 Å². The zero-order valence-corrected chi connectivity index (χ0v) is 18.9. The first-order valence-electron chi connectivity index (χ1n) is 10.8. The fourth-order valence-corrected chi connectivity index (χ4v) is 5.11. The van der Waals surface area contributed by atoms with Crippen molar-refractivity contribution >= 4 is 32.9 Å². The first kappa shape index (κ1) is 22.2. The van der Waals surface area contributed by atoms with Gasteiger partial charge in [-0.1, -0.05) is 42.0 Å². The van der Waals surface area contributed by atoms with Gasteiger partial charge in [-0.25, -0.2) is 13.1 Å². The number of sulfonamides is 1. The van der Waals surface area contributed by atoms with Crippen LogP contribution in [0.2, 0.25) is 0 Å². The van der Waals surface area contributed by atoms with Crippen molar-refractivity contribution in [2.75, 3.05) is 19.6 Å². The second-order valence-electron chi connectivity index (χ2n) is 8.21. The Bertz CT molecular complexity index is 1230. The molecule has 32 heavy (non-hydrogen) atoms. The third kappa shape index (κ3) is 5.23. The Balaban J connectivity index is 1.37. The summed E-state index contributed by atoms with van der Waals surface area (Å²) in [6.45, 7) is 3.45. The Morgan fingerprint density at radius 2 is 1.94 bits per heavy atom. The van der Waals surface area contributed by atoms with Crippen molar-refractivity contribution < 1.29 is 13.2 Å². The molecule has 1 N–H and O–H groups in total. The number of aromatic nitrogens is 1. The van der Waals surface area contributed by atoms with Crippen LogP contribution < -0.4 is 4.72 Å². The van der Waals surface area contributed by atoms with E-state index in [-0.39, 0.29) is 16.7 Å². The van der Waals surface area contributed by atoms with E-state index in [9.17, 15) is 13.2 Å². The number of likely N-dealkylation sites (tertiary alicyclic amines) is 1. The van der Waals surface area contributed by atoms with Crippen LogP contribution in [0.25, 0.3) is 17.0 Å². The minimum atomic E-state index is -3.56. The van der Waals surface area contributed by atoms with Gasteiger partial charge < -0.3 is 4.90 Å². The molecule has 2 heterocycles. The second kappa shape index (κ2) is 9.63. The topological polar surface area (TPSA) is 79.4 Å². The molecule has 1 aliphatic heterocycles. The predicted octanol–water partition coefficient (Wildman–Crippen LogP) is 3.77. The predicted molar refractivity (Wildman–Crippen MR) is 126 cm³/mol. The number of pyridine rings is 1. The first-order chi connectivity index (χ1) is 15.4. The number of carbonyl (C=O) groups excluding carboxylic acids is 1. The van der Waals surface area contributed by atoms with E-state index >= 15 is 0 Å². The highest BCUT2D eigenvalue weighted by atomic mass is 32.2. The number of nitrogens with one attached hydrogen (secondary N) is 1. The smallest absolute Gasteiger partial charge is 0.246 e. The number of hydrogen-bond donors (Lipinski definition) is 1. The maximum atomic E-state index is 12.8. The van der Waals surface area contributed by atoms with Crippen LogP contribution in [0, 0.1) is 12.8 Å².